The smallest absolute Gasteiger partial charge is 0.225 e. The lowest BCUT2D eigenvalue weighted by molar-refractivity contribution is 0.410. The van der Waals surface area contributed by atoms with E-state index >= 15 is 0 Å². The lowest BCUT2D eigenvalue weighted by Crippen LogP contribution is -2.16. The second-order valence-electron chi connectivity index (χ2n) is 6.45. The van der Waals surface area contributed by atoms with E-state index in [-0.39, 0.29) is 0 Å². The van der Waals surface area contributed by atoms with Crippen LogP contribution in [0.15, 0.2) is 60.7 Å². The number of benzene rings is 2. The average molecular weight is 362 g/mol. The van der Waals surface area contributed by atoms with E-state index in [2.05, 4.69) is 41.6 Å². The minimum atomic E-state index is 0.304. The van der Waals surface area contributed by atoms with Crippen molar-refractivity contribution in [3.8, 4) is 17.0 Å². The molecule has 1 atom stereocenters. The van der Waals surface area contributed by atoms with Gasteiger partial charge in [0, 0.05) is 29.8 Å². The topological polar surface area (TPSA) is 59.1 Å². The van der Waals surface area contributed by atoms with E-state index in [1.165, 1.54) is 0 Å². The summed E-state index contributed by atoms with van der Waals surface area (Å²) in [5, 5.41) is 6.78. The molecule has 3 aromatic rings. The van der Waals surface area contributed by atoms with Crippen LogP contribution >= 0.6 is 0 Å². The summed E-state index contributed by atoms with van der Waals surface area (Å²) < 4.78 is 5.43. The molecule has 5 nitrogen and oxygen atoms in total. The molecule has 2 N–H and O–H groups in total. The Labute approximate surface area is 160 Å². The maximum Gasteiger partial charge on any atom is 0.225 e. The largest absolute Gasteiger partial charge is 0.496 e. The Morgan fingerprint density at radius 1 is 1.00 bits per heavy atom. The summed E-state index contributed by atoms with van der Waals surface area (Å²) in [4.78, 5) is 9.34. The van der Waals surface area contributed by atoms with Gasteiger partial charge in [-0.3, -0.25) is 0 Å². The third-order valence-corrected chi connectivity index (χ3v) is 4.44. The monoisotopic (exact) mass is 362 g/mol. The molecule has 1 aromatic heterocycles. The van der Waals surface area contributed by atoms with Gasteiger partial charge in [0.05, 0.1) is 12.8 Å². The van der Waals surface area contributed by atoms with Gasteiger partial charge in [-0.2, -0.15) is 4.98 Å². The van der Waals surface area contributed by atoms with Crippen molar-refractivity contribution in [2.24, 2.45) is 0 Å². The van der Waals surface area contributed by atoms with Gasteiger partial charge < -0.3 is 15.4 Å². The molecular weight excluding hydrogens is 336 g/mol. The van der Waals surface area contributed by atoms with Crippen molar-refractivity contribution in [1.29, 1.82) is 0 Å². The van der Waals surface area contributed by atoms with Crippen LogP contribution in [0.1, 0.15) is 25.8 Å². The predicted octanol–water partition coefficient (Wildman–Crippen LogP) is 4.97. The second-order valence-corrected chi connectivity index (χ2v) is 6.45. The van der Waals surface area contributed by atoms with Gasteiger partial charge in [-0.05, 0) is 19.4 Å². The van der Waals surface area contributed by atoms with Crippen LogP contribution in [0.5, 0.6) is 5.75 Å². The van der Waals surface area contributed by atoms with E-state index < -0.39 is 0 Å². The van der Waals surface area contributed by atoms with Crippen molar-refractivity contribution in [1.82, 2.24) is 9.97 Å². The normalized spacial score (nSPS) is 11.7. The molecule has 0 aliphatic heterocycles. The van der Waals surface area contributed by atoms with Gasteiger partial charge in [-0.15, -0.1) is 0 Å². The van der Waals surface area contributed by atoms with Crippen molar-refractivity contribution in [2.45, 2.75) is 32.9 Å². The number of para-hydroxylation sites is 1. The molecule has 0 saturated carbocycles. The molecule has 0 aliphatic carbocycles. The first-order valence-electron chi connectivity index (χ1n) is 9.26. The lowest BCUT2D eigenvalue weighted by Gasteiger charge is -2.15. The fraction of sp³-hybridized carbons (Fsp3) is 0.273. The van der Waals surface area contributed by atoms with Gasteiger partial charge in [0.25, 0.3) is 0 Å². The van der Waals surface area contributed by atoms with Crippen molar-refractivity contribution in [3.63, 3.8) is 0 Å². The number of methoxy groups -OCH3 is 1. The Bertz CT molecular complexity index is 867. The van der Waals surface area contributed by atoms with E-state index in [0.29, 0.717) is 18.5 Å². The van der Waals surface area contributed by atoms with Crippen LogP contribution < -0.4 is 15.4 Å². The Morgan fingerprint density at radius 3 is 2.48 bits per heavy atom. The first-order chi connectivity index (χ1) is 13.2. The quantitative estimate of drug-likeness (QED) is 0.592. The number of rotatable bonds is 8. The lowest BCUT2D eigenvalue weighted by atomic mass is 10.1. The summed E-state index contributed by atoms with van der Waals surface area (Å²) in [6.07, 6.45) is 1.00. The molecule has 3 rings (SSSR count). The van der Waals surface area contributed by atoms with Gasteiger partial charge in [-0.1, -0.05) is 55.5 Å². The van der Waals surface area contributed by atoms with Crippen LogP contribution in [-0.2, 0) is 6.54 Å². The van der Waals surface area contributed by atoms with Crippen LogP contribution in [0.3, 0.4) is 0 Å². The molecule has 140 valence electrons. The van der Waals surface area contributed by atoms with E-state index in [4.69, 9.17) is 9.72 Å². The maximum absolute atomic E-state index is 5.43. The molecule has 0 unspecified atom stereocenters. The molecule has 0 fully saturated rings. The third-order valence-electron chi connectivity index (χ3n) is 4.44. The number of hydrogen-bond acceptors (Lipinski definition) is 5. The van der Waals surface area contributed by atoms with Gasteiger partial charge in [0.2, 0.25) is 5.95 Å². The van der Waals surface area contributed by atoms with Gasteiger partial charge in [0.15, 0.2) is 0 Å². The van der Waals surface area contributed by atoms with Crippen molar-refractivity contribution >= 4 is 11.8 Å². The number of anilines is 2. The number of hydrogen-bond donors (Lipinski definition) is 2. The molecule has 27 heavy (non-hydrogen) atoms. The van der Waals surface area contributed by atoms with Crippen LogP contribution in [-0.4, -0.2) is 23.1 Å². The highest BCUT2D eigenvalue weighted by Crippen LogP contribution is 2.23. The summed E-state index contributed by atoms with van der Waals surface area (Å²) in [6.45, 7) is 4.89. The second kappa shape index (κ2) is 9.03. The molecule has 2 aromatic carbocycles. The van der Waals surface area contributed by atoms with Crippen LogP contribution in [0, 0.1) is 0 Å². The molecule has 0 radical (unpaired) electrons. The zero-order valence-electron chi connectivity index (χ0n) is 16.1. The Balaban J connectivity index is 1.87. The average Bonchev–Trinajstić information content (AvgIpc) is 2.72. The molecule has 0 saturated heterocycles. The zero-order chi connectivity index (χ0) is 19.1. The van der Waals surface area contributed by atoms with Gasteiger partial charge in [0.1, 0.15) is 11.6 Å². The van der Waals surface area contributed by atoms with Crippen LogP contribution in [0.25, 0.3) is 11.3 Å². The first kappa shape index (κ1) is 18.7. The summed E-state index contributed by atoms with van der Waals surface area (Å²) in [5.74, 6) is 2.27. The van der Waals surface area contributed by atoms with Crippen LogP contribution in [0.2, 0.25) is 0 Å². The van der Waals surface area contributed by atoms with E-state index in [0.717, 1.165) is 34.8 Å². The third kappa shape index (κ3) is 4.97. The fourth-order valence-corrected chi connectivity index (χ4v) is 2.72. The summed E-state index contributed by atoms with van der Waals surface area (Å²) >= 11 is 0. The van der Waals surface area contributed by atoms with E-state index in [1.54, 1.807) is 7.11 Å². The van der Waals surface area contributed by atoms with Gasteiger partial charge >= 0.3 is 0 Å². The number of aromatic nitrogens is 2. The first-order valence-corrected chi connectivity index (χ1v) is 9.26. The minimum absolute atomic E-state index is 0.304. The fourth-order valence-electron chi connectivity index (χ4n) is 2.72. The molecule has 0 spiro atoms. The van der Waals surface area contributed by atoms with Crippen LogP contribution in [0.4, 0.5) is 11.8 Å². The van der Waals surface area contributed by atoms with E-state index in [1.807, 2.05) is 48.5 Å². The Hall–Kier alpha value is -3.08. The molecule has 1 heterocycles. The number of nitrogens with one attached hydrogen (secondary N) is 2. The minimum Gasteiger partial charge on any atom is -0.496 e. The number of ether oxygens (including phenoxy) is 1. The number of nitrogens with zero attached hydrogens (tertiary/aromatic N) is 2. The van der Waals surface area contributed by atoms with E-state index in [9.17, 15) is 0 Å². The highest BCUT2D eigenvalue weighted by molar-refractivity contribution is 5.64. The molecule has 0 aliphatic rings. The van der Waals surface area contributed by atoms with Crippen molar-refractivity contribution < 1.29 is 4.74 Å². The highest BCUT2D eigenvalue weighted by Gasteiger charge is 2.09. The molecule has 5 heteroatoms. The standard InChI is InChI=1S/C22H26N4O/c1-4-16(2)24-22-25-19(17-10-6-5-7-11-17)14-21(26-22)23-15-18-12-8-9-13-20(18)27-3/h5-14,16H,4,15H2,1-3H3,(H2,23,24,25,26)/t16-/m1/s1. The summed E-state index contributed by atoms with van der Waals surface area (Å²) in [5.41, 5.74) is 3.03. The Morgan fingerprint density at radius 2 is 1.74 bits per heavy atom. The predicted molar refractivity (Wildman–Crippen MR) is 111 cm³/mol. The SMILES string of the molecule is CC[C@@H](C)Nc1nc(NCc2ccccc2OC)cc(-c2ccccc2)n1. The van der Waals surface area contributed by atoms with Crippen molar-refractivity contribution in [2.75, 3.05) is 17.7 Å². The highest BCUT2D eigenvalue weighted by atomic mass is 16.5. The summed E-state index contributed by atoms with van der Waals surface area (Å²) in [7, 11) is 1.69. The zero-order valence-corrected chi connectivity index (χ0v) is 16.1. The Kier molecular flexibility index (Phi) is 6.26. The summed E-state index contributed by atoms with van der Waals surface area (Å²) in [6, 6.07) is 20.4. The maximum atomic E-state index is 5.43. The van der Waals surface area contributed by atoms with Gasteiger partial charge in [-0.25, -0.2) is 4.98 Å². The molecule has 0 bridgehead atoms. The van der Waals surface area contributed by atoms with Crippen molar-refractivity contribution in [3.05, 3.63) is 66.2 Å². The molecular formula is C22H26N4O. The molecule has 0 amide bonds.